The van der Waals surface area contributed by atoms with E-state index in [0.29, 0.717) is 5.13 Å². The van der Waals surface area contributed by atoms with Crippen LogP contribution in [0.5, 0.6) is 0 Å². The number of hydrogen-bond acceptors (Lipinski definition) is 5. The fraction of sp³-hybridized carbons (Fsp3) is 0.136. The molecule has 140 valence electrons. The van der Waals surface area contributed by atoms with E-state index in [4.69, 9.17) is 0 Å². The molecule has 2 aromatic carbocycles. The second-order valence-electron chi connectivity index (χ2n) is 6.40. The molecule has 6 heteroatoms. The van der Waals surface area contributed by atoms with E-state index in [1.54, 1.807) is 18.1 Å². The molecule has 2 heterocycles. The van der Waals surface area contributed by atoms with Gasteiger partial charge < -0.3 is 0 Å². The topological polar surface area (TPSA) is 58.1 Å². The Balaban J connectivity index is 1.51. The van der Waals surface area contributed by atoms with Gasteiger partial charge in [0.2, 0.25) is 5.91 Å². The Morgan fingerprint density at radius 1 is 1.04 bits per heavy atom. The van der Waals surface area contributed by atoms with Crippen LogP contribution in [0, 0.1) is 0 Å². The Morgan fingerprint density at radius 2 is 1.79 bits per heavy atom. The number of likely N-dealkylation sites (N-methyl/N-ethyl adjacent to an activating group) is 1. The van der Waals surface area contributed by atoms with Crippen molar-refractivity contribution >= 4 is 32.6 Å². The number of nitrogens with one attached hydrogen (secondary N) is 1. The highest BCUT2D eigenvalue weighted by atomic mass is 32.1. The van der Waals surface area contributed by atoms with Gasteiger partial charge in [0.1, 0.15) is 0 Å². The predicted octanol–water partition coefficient (Wildman–Crippen LogP) is 4.03. The number of rotatable bonds is 6. The van der Waals surface area contributed by atoms with Crippen molar-refractivity contribution in [1.29, 1.82) is 0 Å². The summed E-state index contributed by atoms with van der Waals surface area (Å²) in [7, 11) is 1.76. The standard InChI is InChI=1S/C22H20N4OS/c1-26(22-25-17-11-5-6-13-19(17)28-22)20(27)15-24-21(16-9-3-2-4-10-16)18-12-7-8-14-23-18/h2-14,21,24H,15H2,1H3. The third kappa shape index (κ3) is 3.93. The second kappa shape index (κ2) is 8.29. The minimum absolute atomic E-state index is 0.0454. The summed E-state index contributed by atoms with van der Waals surface area (Å²) in [5.41, 5.74) is 2.85. The van der Waals surface area contributed by atoms with E-state index in [2.05, 4.69) is 15.3 Å². The molecule has 1 atom stereocenters. The van der Waals surface area contributed by atoms with Gasteiger partial charge in [-0.05, 0) is 29.8 Å². The van der Waals surface area contributed by atoms with Crippen molar-refractivity contribution < 1.29 is 4.79 Å². The van der Waals surface area contributed by atoms with Crippen molar-refractivity contribution in [3.05, 3.63) is 90.3 Å². The average molecular weight is 388 g/mol. The van der Waals surface area contributed by atoms with Crippen LogP contribution >= 0.6 is 11.3 Å². The Kier molecular flexibility index (Phi) is 5.41. The van der Waals surface area contributed by atoms with Crippen LogP contribution < -0.4 is 10.2 Å². The molecule has 4 rings (SSSR count). The van der Waals surface area contributed by atoms with Gasteiger partial charge in [-0.1, -0.05) is 59.9 Å². The van der Waals surface area contributed by atoms with Crippen LogP contribution in [0.25, 0.3) is 10.2 Å². The number of carbonyl (C=O) groups is 1. The van der Waals surface area contributed by atoms with E-state index in [-0.39, 0.29) is 18.5 Å². The van der Waals surface area contributed by atoms with Crippen LogP contribution in [0.4, 0.5) is 5.13 Å². The quantitative estimate of drug-likeness (QED) is 0.542. The van der Waals surface area contributed by atoms with Gasteiger partial charge in [0.25, 0.3) is 0 Å². The molecule has 0 aliphatic carbocycles. The number of para-hydroxylation sites is 1. The largest absolute Gasteiger partial charge is 0.296 e. The summed E-state index contributed by atoms with van der Waals surface area (Å²) in [5, 5.41) is 4.06. The minimum Gasteiger partial charge on any atom is -0.296 e. The molecule has 0 radical (unpaired) electrons. The molecule has 4 aromatic rings. The molecule has 1 N–H and O–H groups in total. The number of carbonyl (C=O) groups excluding carboxylic acids is 1. The molecule has 2 aromatic heterocycles. The summed E-state index contributed by atoms with van der Waals surface area (Å²) in [6, 6.07) is 23.6. The number of thiazole rings is 1. The third-order valence-electron chi connectivity index (χ3n) is 4.52. The number of anilines is 1. The molecule has 0 saturated heterocycles. The van der Waals surface area contributed by atoms with Crippen LogP contribution in [0.15, 0.2) is 79.0 Å². The highest BCUT2D eigenvalue weighted by molar-refractivity contribution is 7.22. The van der Waals surface area contributed by atoms with Crippen molar-refractivity contribution in [2.24, 2.45) is 0 Å². The maximum Gasteiger partial charge on any atom is 0.242 e. The van der Waals surface area contributed by atoms with Crippen molar-refractivity contribution in [1.82, 2.24) is 15.3 Å². The van der Waals surface area contributed by atoms with Crippen LogP contribution in [0.2, 0.25) is 0 Å². The summed E-state index contributed by atoms with van der Waals surface area (Å²) < 4.78 is 1.07. The van der Waals surface area contributed by atoms with Crippen molar-refractivity contribution in [3.63, 3.8) is 0 Å². The summed E-state index contributed by atoms with van der Waals surface area (Å²) in [5.74, 6) is -0.0454. The van der Waals surface area contributed by atoms with Crippen molar-refractivity contribution in [2.75, 3.05) is 18.5 Å². The first-order valence-corrected chi connectivity index (χ1v) is 9.85. The number of hydrogen-bond donors (Lipinski definition) is 1. The lowest BCUT2D eigenvalue weighted by Gasteiger charge is -2.20. The lowest BCUT2D eigenvalue weighted by Crippen LogP contribution is -2.37. The highest BCUT2D eigenvalue weighted by Crippen LogP contribution is 2.28. The average Bonchev–Trinajstić information content (AvgIpc) is 3.19. The third-order valence-corrected chi connectivity index (χ3v) is 5.63. The van der Waals surface area contributed by atoms with Crippen molar-refractivity contribution in [3.8, 4) is 0 Å². The minimum atomic E-state index is -0.157. The van der Waals surface area contributed by atoms with E-state index < -0.39 is 0 Å². The second-order valence-corrected chi connectivity index (χ2v) is 7.41. The van der Waals surface area contributed by atoms with Crippen molar-refractivity contribution in [2.45, 2.75) is 6.04 Å². The smallest absolute Gasteiger partial charge is 0.242 e. The maximum atomic E-state index is 12.8. The first kappa shape index (κ1) is 18.3. The molecular formula is C22H20N4OS. The van der Waals surface area contributed by atoms with E-state index in [0.717, 1.165) is 21.5 Å². The number of pyridine rings is 1. The Labute approximate surface area is 167 Å². The molecule has 0 saturated carbocycles. The van der Waals surface area contributed by atoms with Gasteiger partial charge in [-0.3, -0.25) is 20.0 Å². The van der Waals surface area contributed by atoms with Crippen LogP contribution in [-0.4, -0.2) is 29.5 Å². The van der Waals surface area contributed by atoms with Gasteiger partial charge in [0.05, 0.1) is 28.5 Å². The van der Waals surface area contributed by atoms with Crippen LogP contribution in [0.3, 0.4) is 0 Å². The molecule has 0 bridgehead atoms. The summed E-state index contributed by atoms with van der Waals surface area (Å²) in [6.07, 6.45) is 1.77. The molecule has 28 heavy (non-hydrogen) atoms. The van der Waals surface area contributed by atoms with Gasteiger partial charge in [0, 0.05) is 13.2 Å². The number of nitrogens with zero attached hydrogens (tertiary/aromatic N) is 3. The number of amides is 1. The fourth-order valence-electron chi connectivity index (χ4n) is 3.00. The van der Waals surface area contributed by atoms with E-state index in [1.807, 2.05) is 72.8 Å². The Morgan fingerprint density at radius 3 is 2.54 bits per heavy atom. The molecule has 0 aliphatic rings. The Hall–Kier alpha value is -3.09. The van der Waals surface area contributed by atoms with E-state index in [1.165, 1.54) is 11.3 Å². The zero-order valence-electron chi connectivity index (χ0n) is 15.4. The first-order valence-electron chi connectivity index (χ1n) is 9.04. The van der Waals surface area contributed by atoms with Gasteiger partial charge in [-0.2, -0.15) is 0 Å². The SMILES string of the molecule is CN(C(=O)CNC(c1ccccc1)c1ccccn1)c1nc2ccccc2s1. The predicted molar refractivity (Wildman–Crippen MR) is 114 cm³/mol. The highest BCUT2D eigenvalue weighted by Gasteiger charge is 2.19. The fourth-order valence-corrected chi connectivity index (χ4v) is 3.95. The molecule has 0 spiro atoms. The summed E-state index contributed by atoms with van der Waals surface area (Å²) in [6.45, 7) is 0.183. The van der Waals surface area contributed by atoms with Crippen LogP contribution in [-0.2, 0) is 4.79 Å². The lowest BCUT2D eigenvalue weighted by molar-refractivity contribution is -0.117. The number of aromatic nitrogens is 2. The van der Waals surface area contributed by atoms with Gasteiger partial charge >= 0.3 is 0 Å². The normalized spacial score (nSPS) is 12.0. The molecule has 1 amide bonds. The first-order chi connectivity index (χ1) is 13.7. The Bertz CT molecular complexity index is 993. The zero-order chi connectivity index (χ0) is 19.3. The van der Waals surface area contributed by atoms with Gasteiger partial charge in [-0.25, -0.2) is 4.98 Å². The molecule has 0 fully saturated rings. The number of fused-ring (bicyclic) bond motifs is 1. The maximum absolute atomic E-state index is 12.8. The van der Waals surface area contributed by atoms with Gasteiger partial charge in [0.15, 0.2) is 5.13 Å². The molecular weight excluding hydrogens is 368 g/mol. The zero-order valence-corrected chi connectivity index (χ0v) is 16.3. The van der Waals surface area contributed by atoms with Gasteiger partial charge in [-0.15, -0.1) is 0 Å². The van der Waals surface area contributed by atoms with E-state index in [9.17, 15) is 4.79 Å². The monoisotopic (exact) mass is 388 g/mol. The summed E-state index contributed by atoms with van der Waals surface area (Å²) in [4.78, 5) is 23.4. The summed E-state index contributed by atoms with van der Waals surface area (Å²) >= 11 is 1.51. The molecule has 0 aliphatic heterocycles. The lowest BCUT2D eigenvalue weighted by atomic mass is 10.0. The number of benzene rings is 2. The van der Waals surface area contributed by atoms with Crippen LogP contribution in [0.1, 0.15) is 17.3 Å². The molecule has 1 unspecified atom stereocenters. The molecule has 5 nitrogen and oxygen atoms in total. The van der Waals surface area contributed by atoms with E-state index >= 15 is 0 Å².